The zero-order valence-electron chi connectivity index (χ0n) is 13.9. The molecule has 0 aliphatic heterocycles. The number of nitrogens with one attached hydrogen (secondary N) is 2. The van der Waals surface area contributed by atoms with E-state index in [0.717, 1.165) is 28.8 Å². The Labute approximate surface area is 116 Å². The summed E-state index contributed by atoms with van der Waals surface area (Å²) in [5.41, 5.74) is 1.81. The Balaban J connectivity index is 3.18. The van der Waals surface area contributed by atoms with E-state index in [2.05, 4.69) is 71.0 Å². The zero-order chi connectivity index (χ0) is 14.3. The molecule has 2 nitrogen and oxygen atoms in total. The zero-order valence-corrected chi connectivity index (χ0v) is 15.9. The van der Waals surface area contributed by atoms with Crippen molar-refractivity contribution in [1.29, 1.82) is 0 Å². The van der Waals surface area contributed by atoms with Crippen LogP contribution in [0.25, 0.3) is 0 Å². The van der Waals surface area contributed by atoms with Gasteiger partial charge in [0, 0.05) is 0 Å². The maximum atomic E-state index is 3.71. The summed E-state index contributed by atoms with van der Waals surface area (Å²) in [6, 6.07) is 0. The first kappa shape index (κ1) is 16.4. The van der Waals surface area contributed by atoms with E-state index in [9.17, 15) is 0 Å². The van der Waals surface area contributed by atoms with Crippen molar-refractivity contribution in [1.82, 2.24) is 9.96 Å². The summed E-state index contributed by atoms with van der Waals surface area (Å²) >= 11 is 0. The predicted molar refractivity (Wildman–Crippen MR) is 88.1 cm³/mol. The molecule has 1 aliphatic carbocycles. The third kappa shape index (κ3) is 2.62. The number of hydrogen-bond donors (Lipinski definition) is 2. The van der Waals surface area contributed by atoms with Crippen molar-refractivity contribution in [2.24, 2.45) is 17.8 Å². The molecule has 4 heteroatoms. The summed E-state index contributed by atoms with van der Waals surface area (Å²) in [6.07, 6.45) is 0. The summed E-state index contributed by atoms with van der Waals surface area (Å²) in [7, 11) is 1.69. The highest BCUT2D eigenvalue weighted by Gasteiger charge is 2.55. The van der Waals surface area contributed by atoms with Gasteiger partial charge in [-0.1, -0.05) is 47.0 Å². The fourth-order valence-electron chi connectivity index (χ4n) is 4.33. The van der Waals surface area contributed by atoms with Gasteiger partial charge in [-0.25, -0.2) is 0 Å². The van der Waals surface area contributed by atoms with Gasteiger partial charge in [0.25, 0.3) is 0 Å². The molecular formula is C14H34N2Si2. The van der Waals surface area contributed by atoms with E-state index in [1.807, 2.05) is 0 Å². The fraction of sp³-hybridized carbons (Fsp3) is 1.00. The third-order valence-corrected chi connectivity index (χ3v) is 14.1. The summed E-state index contributed by atoms with van der Waals surface area (Å²) in [5, 5.41) is 0. The smallest absolute Gasteiger partial charge is 0.122 e. The molecule has 1 fully saturated rings. The lowest BCUT2D eigenvalue weighted by Gasteiger charge is -2.43. The van der Waals surface area contributed by atoms with Crippen LogP contribution in [0.2, 0.25) is 37.3 Å². The molecular weight excluding hydrogens is 252 g/mol. The lowest BCUT2D eigenvalue weighted by Crippen LogP contribution is -2.56. The van der Waals surface area contributed by atoms with Gasteiger partial charge in [-0.3, -0.25) is 0 Å². The minimum absolute atomic E-state index is 0.860. The fourth-order valence-corrected chi connectivity index (χ4v) is 13.1. The lowest BCUT2D eigenvalue weighted by molar-refractivity contribution is 0.377. The monoisotopic (exact) mass is 286 g/mol. The van der Waals surface area contributed by atoms with Gasteiger partial charge in [0.2, 0.25) is 0 Å². The van der Waals surface area contributed by atoms with Gasteiger partial charge in [-0.05, 0) is 42.9 Å². The molecule has 0 saturated heterocycles. The van der Waals surface area contributed by atoms with Crippen LogP contribution in [0.4, 0.5) is 0 Å². The maximum Gasteiger partial charge on any atom is 0.122 e. The first-order valence-electron chi connectivity index (χ1n) is 7.48. The van der Waals surface area contributed by atoms with Gasteiger partial charge in [-0.2, -0.15) is 0 Å². The number of hydrogen-bond acceptors (Lipinski definition) is 2. The molecule has 4 atom stereocenters. The van der Waals surface area contributed by atoms with Crippen molar-refractivity contribution < 1.29 is 0 Å². The Kier molecular flexibility index (Phi) is 4.91. The lowest BCUT2D eigenvalue weighted by atomic mass is 9.94. The molecule has 2 N–H and O–H groups in total. The highest BCUT2D eigenvalue weighted by molar-refractivity contribution is 6.82. The van der Waals surface area contributed by atoms with Crippen LogP contribution in [-0.4, -0.2) is 30.6 Å². The van der Waals surface area contributed by atoms with E-state index in [0.29, 0.717) is 0 Å². The van der Waals surface area contributed by atoms with Crippen LogP contribution >= 0.6 is 0 Å². The molecule has 0 aromatic rings. The molecule has 1 rings (SSSR count). The Morgan fingerprint density at radius 2 is 0.889 bits per heavy atom. The summed E-state index contributed by atoms with van der Waals surface area (Å²) < 4.78 is 0. The van der Waals surface area contributed by atoms with Crippen molar-refractivity contribution in [3.05, 3.63) is 0 Å². The molecule has 108 valence electrons. The molecule has 0 spiro atoms. The minimum atomic E-state index is -1.34. The van der Waals surface area contributed by atoms with Crippen molar-refractivity contribution in [2.45, 2.75) is 58.0 Å². The van der Waals surface area contributed by atoms with Gasteiger partial charge >= 0.3 is 0 Å². The highest BCUT2D eigenvalue weighted by atomic mass is 28.3. The number of rotatable bonds is 4. The van der Waals surface area contributed by atoms with Crippen LogP contribution in [-0.2, 0) is 0 Å². The Bertz CT molecular complexity index is 264. The van der Waals surface area contributed by atoms with E-state index in [1.54, 1.807) is 0 Å². The minimum Gasteiger partial charge on any atom is -0.340 e. The van der Waals surface area contributed by atoms with Crippen LogP contribution in [0.3, 0.4) is 0 Å². The van der Waals surface area contributed by atoms with E-state index < -0.39 is 16.5 Å². The van der Waals surface area contributed by atoms with E-state index in [-0.39, 0.29) is 0 Å². The molecule has 1 saturated carbocycles. The standard InChI is InChI=1S/C14H34N2Si2/c1-10-11(2)13(17(6,7)15-4)14(12(10)3)18(8,9)16-5/h10-16H,1-9H3. The average Bonchev–Trinajstić information content (AvgIpc) is 2.54. The molecule has 0 heterocycles. The average molecular weight is 287 g/mol. The maximum absolute atomic E-state index is 3.71. The molecule has 0 aromatic heterocycles. The summed E-state index contributed by atoms with van der Waals surface area (Å²) in [6.45, 7) is 17.6. The van der Waals surface area contributed by atoms with Gasteiger partial charge in [0.1, 0.15) is 16.5 Å². The molecule has 0 radical (unpaired) electrons. The second-order valence-corrected chi connectivity index (χ2v) is 16.8. The Morgan fingerprint density at radius 1 is 0.611 bits per heavy atom. The Hall–Kier alpha value is 0.354. The van der Waals surface area contributed by atoms with Crippen molar-refractivity contribution in [3.8, 4) is 0 Å². The van der Waals surface area contributed by atoms with Crippen LogP contribution in [0.5, 0.6) is 0 Å². The van der Waals surface area contributed by atoms with Crippen LogP contribution < -0.4 is 9.96 Å². The predicted octanol–water partition coefficient (Wildman–Crippen LogP) is 3.50. The molecule has 0 amide bonds. The first-order valence-corrected chi connectivity index (χ1v) is 13.6. The highest BCUT2D eigenvalue weighted by Crippen LogP contribution is 2.59. The van der Waals surface area contributed by atoms with Crippen molar-refractivity contribution in [2.75, 3.05) is 14.1 Å². The first-order chi connectivity index (χ1) is 8.10. The summed E-state index contributed by atoms with van der Waals surface area (Å²) in [4.78, 5) is 7.43. The van der Waals surface area contributed by atoms with E-state index in [4.69, 9.17) is 0 Å². The van der Waals surface area contributed by atoms with Crippen LogP contribution in [0.1, 0.15) is 20.8 Å². The SMILES string of the molecule is CN[Si](C)(C)C1C(C)C(C)C(C)C1[Si](C)(C)NC. The van der Waals surface area contributed by atoms with Gasteiger partial charge in [0.15, 0.2) is 0 Å². The van der Waals surface area contributed by atoms with Gasteiger partial charge in [0.05, 0.1) is 0 Å². The molecule has 18 heavy (non-hydrogen) atoms. The normalized spacial score (nSPS) is 38.2. The van der Waals surface area contributed by atoms with Crippen molar-refractivity contribution >= 4 is 16.5 Å². The second-order valence-electron chi connectivity index (χ2n) is 7.57. The van der Waals surface area contributed by atoms with Crippen molar-refractivity contribution in [3.63, 3.8) is 0 Å². The third-order valence-electron chi connectivity index (χ3n) is 6.13. The molecule has 4 unspecified atom stereocenters. The topological polar surface area (TPSA) is 24.1 Å². The van der Waals surface area contributed by atoms with Gasteiger partial charge in [-0.15, -0.1) is 0 Å². The van der Waals surface area contributed by atoms with Crippen LogP contribution in [0.15, 0.2) is 0 Å². The van der Waals surface area contributed by atoms with E-state index >= 15 is 0 Å². The Morgan fingerprint density at radius 3 is 1.11 bits per heavy atom. The molecule has 0 aromatic carbocycles. The second kappa shape index (κ2) is 5.39. The van der Waals surface area contributed by atoms with Crippen LogP contribution in [0, 0.1) is 17.8 Å². The summed E-state index contributed by atoms with van der Waals surface area (Å²) in [5.74, 6) is 2.58. The quantitative estimate of drug-likeness (QED) is 0.773. The molecule has 0 bridgehead atoms. The largest absolute Gasteiger partial charge is 0.340 e. The molecule has 1 aliphatic rings. The van der Waals surface area contributed by atoms with E-state index in [1.165, 1.54) is 0 Å². The van der Waals surface area contributed by atoms with Gasteiger partial charge < -0.3 is 9.96 Å².